The molecule has 0 spiro atoms. The Balaban J connectivity index is 1.85. The molecule has 0 aromatic carbocycles. The zero-order chi connectivity index (χ0) is 21.3. The number of nitrogens with one attached hydrogen (secondary N) is 1. The van der Waals surface area contributed by atoms with Crippen LogP contribution in [0.3, 0.4) is 0 Å². The number of hydrogen-bond donors (Lipinski definition) is 2. The number of nitrogens with zero attached hydrogens (tertiary/aromatic N) is 4. The molecule has 2 amide bonds. The maximum absolute atomic E-state index is 12.8. The number of rotatable bonds is 7. The molecule has 0 saturated heterocycles. The van der Waals surface area contributed by atoms with Crippen molar-refractivity contribution in [3.63, 3.8) is 0 Å². The van der Waals surface area contributed by atoms with Crippen LogP contribution >= 0.6 is 0 Å². The first-order chi connectivity index (χ1) is 14.6. The van der Waals surface area contributed by atoms with Crippen molar-refractivity contribution in [1.82, 2.24) is 20.3 Å². The highest BCUT2D eigenvalue weighted by atomic mass is 16.5. The number of amides is 2. The van der Waals surface area contributed by atoms with Crippen molar-refractivity contribution in [2.24, 2.45) is 0 Å². The molecule has 2 aliphatic heterocycles. The van der Waals surface area contributed by atoms with Crippen LogP contribution in [0.1, 0.15) is 23.5 Å². The second-order valence-corrected chi connectivity index (χ2v) is 6.84. The Labute approximate surface area is 172 Å². The maximum atomic E-state index is 12.8. The fraction of sp³-hybridized carbons (Fsp3) is 0.350. The zero-order valence-electron chi connectivity index (χ0n) is 16.6. The number of carbonyl (C=O) groups is 2. The lowest BCUT2D eigenvalue weighted by Gasteiger charge is -2.18. The number of anilines is 1. The van der Waals surface area contributed by atoms with Crippen molar-refractivity contribution in [2.75, 3.05) is 38.8 Å². The summed E-state index contributed by atoms with van der Waals surface area (Å²) in [6.07, 6.45) is 3.67. The second-order valence-electron chi connectivity index (χ2n) is 6.84. The Morgan fingerprint density at radius 1 is 1.23 bits per heavy atom. The van der Waals surface area contributed by atoms with E-state index >= 15 is 0 Å². The topological polar surface area (TPSA) is 127 Å². The normalized spacial score (nSPS) is 18.0. The number of methoxy groups -OCH3 is 2. The smallest absolute Gasteiger partial charge is 0.319 e. The molecule has 0 aliphatic carbocycles. The van der Waals surface area contributed by atoms with Crippen LogP contribution in [0.5, 0.6) is 11.9 Å². The van der Waals surface area contributed by atoms with Gasteiger partial charge < -0.3 is 19.5 Å². The highest BCUT2D eigenvalue weighted by Crippen LogP contribution is 2.44. The zero-order valence-corrected chi connectivity index (χ0v) is 16.6. The summed E-state index contributed by atoms with van der Waals surface area (Å²) >= 11 is 0. The summed E-state index contributed by atoms with van der Waals surface area (Å²) < 4.78 is 10.4. The lowest BCUT2D eigenvalue weighted by atomic mass is 9.89. The van der Waals surface area contributed by atoms with Gasteiger partial charge in [-0.05, 0) is 12.5 Å². The molecule has 0 bridgehead atoms. The van der Waals surface area contributed by atoms with Gasteiger partial charge in [0, 0.05) is 49.1 Å². The minimum Gasteiger partial charge on any atom is -0.480 e. The summed E-state index contributed by atoms with van der Waals surface area (Å²) in [6, 6.07) is 3.79. The van der Waals surface area contributed by atoms with Crippen LogP contribution in [0.2, 0.25) is 0 Å². The molecule has 0 saturated carbocycles. The third-order valence-corrected chi connectivity index (χ3v) is 5.17. The molecular formula is C20H21N5O5. The third-order valence-electron chi connectivity index (χ3n) is 5.17. The van der Waals surface area contributed by atoms with E-state index in [0.717, 1.165) is 11.4 Å². The SMILES string of the molecule is COc1ncc(C2=C(C3CN(CCCO)c4ncccc43)C(=O)NC2=O)c(OC)n1. The molecule has 10 heteroatoms. The molecule has 0 radical (unpaired) electrons. The van der Waals surface area contributed by atoms with E-state index in [1.807, 2.05) is 11.0 Å². The number of aromatic nitrogens is 3. The standard InChI is InChI=1S/C20H21N5O5/c1-29-19-12(9-22-20(24-19)30-2)14-15(18(28)23-17(14)27)13-10-25(7-4-8-26)16-11(13)5-3-6-21-16/h3,5-6,9,13,26H,4,7-8,10H2,1-2H3,(H,23,27,28). The largest absolute Gasteiger partial charge is 0.480 e. The summed E-state index contributed by atoms with van der Waals surface area (Å²) in [5.41, 5.74) is 1.67. The van der Waals surface area contributed by atoms with Crippen LogP contribution in [0.25, 0.3) is 5.57 Å². The number of carbonyl (C=O) groups excluding carboxylic acids is 2. The van der Waals surface area contributed by atoms with E-state index in [-0.39, 0.29) is 30.0 Å². The first-order valence-electron chi connectivity index (χ1n) is 9.45. The van der Waals surface area contributed by atoms with E-state index in [1.54, 1.807) is 12.3 Å². The Hall–Kier alpha value is -3.53. The van der Waals surface area contributed by atoms with Crippen LogP contribution in [-0.4, -0.2) is 65.8 Å². The van der Waals surface area contributed by atoms with Gasteiger partial charge in [0.1, 0.15) is 5.82 Å². The molecule has 4 rings (SSSR count). The van der Waals surface area contributed by atoms with Crippen molar-refractivity contribution >= 4 is 23.2 Å². The molecule has 2 aromatic heterocycles. The van der Waals surface area contributed by atoms with E-state index in [1.165, 1.54) is 20.4 Å². The molecule has 2 aromatic rings. The fourth-order valence-corrected chi connectivity index (χ4v) is 3.90. The molecule has 156 valence electrons. The molecule has 2 aliphatic rings. The Bertz CT molecular complexity index is 1040. The quantitative estimate of drug-likeness (QED) is 0.618. The van der Waals surface area contributed by atoms with Gasteiger partial charge >= 0.3 is 6.01 Å². The Kier molecular flexibility index (Phi) is 5.32. The summed E-state index contributed by atoms with van der Waals surface area (Å²) in [5.74, 6) is -0.479. The minimum absolute atomic E-state index is 0.0522. The highest BCUT2D eigenvalue weighted by molar-refractivity contribution is 6.36. The Morgan fingerprint density at radius 3 is 2.80 bits per heavy atom. The van der Waals surface area contributed by atoms with Gasteiger partial charge in [0.2, 0.25) is 5.88 Å². The number of ether oxygens (including phenoxy) is 2. The van der Waals surface area contributed by atoms with Gasteiger partial charge in [0.25, 0.3) is 11.8 Å². The lowest BCUT2D eigenvalue weighted by molar-refractivity contribution is -0.123. The first-order valence-corrected chi connectivity index (χ1v) is 9.45. The average molecular weight is 411 g/mol. The van der Waals surface area contributed by atoms with Gasteiger partial charge in [-0.1, -0.05) is 6.07 Å². The number of pyridine rings is 1. The summed E-state index contributed by atoms with van der Waals surface area (Å²) in [4.78, 5) is 40.3. The molecule has 30 heavy (non-hydrogen) atoms. The highest BCUT2D eigenvalue weighted by Gasteiger charge is 2.42. The van der Waals surface area contributed by atoms with Gasteiger partial charge in [-0.2, -0.15) is 4.98 Å². The van der Waals surface area contributed by atoms with Crippen molar-refractivity contribution in [1.29, 1.82) is 0 Å². The third kappa shape index (κ3) is 3.24. The number of aliphatic hydroxyl groups excluding tert-OH is 1. The summed E-state index contributed by atoms with van der Waals surface area (Å²) in [6.45, 7) is 1.10. The number of aliphatic hydroxyl groups is 1. The monoisotopic (exact) mass is 411 g/mol. The van der Waals surface area contributed by atoms with Crippen LogP contribution in [0.4, 0.5) is 5.82 Å². The molecule has 4 heterocycles. The predicted octanol–water partition coefficient (Wildman–Crippen LogP) is 0.285. The van der Waals surface area contributed by atoms with Crippen molar-refractivity contribution in [3.05, 3.63) is 41.2 Å². The fourth-order valence-electron chi connectivity index (χ4n) is 3.90. The number of fused-ring (bicyclic) bond motifs is 1. The molecule has 1 atom stereocenters. The molecular weight excluding hydrogens is 390 g/mol. The van der Waals surface area contributed by atoms with Gasteiger partial charge in [-0.3, -0.25) is 14.9 Å². The van der Waals surface area contributed by atoms with E-state index < -0.39 is 11.8 Å². The number of imide groups is 1. The van der Waals surface area contributed by atoms with Crippen molar-refractivity contribution in [2.45, 2.75) is 12.3 Å². The lowest BCUT2D eigenvalue weighted by Crippen LogP contribution is -2.27. The Morgan fingerprint density at radius 2 is 2.07 bits per heavy atom. The van der Waals surface area contributed by atoms with E-state index in [2.05, 4.69) is 20.3 Å². The minimum atomic E-state index is -0.527. The van der Waals surface area contributed by atoms with E-state index in [4.69, 9.17) is 9.47 Å². The van der Waals surface area contributed by atoms with Gasteiger partial charge in [-0.15, -0.1) is 0 Å². The van der Waals surface area contributed by atoms with E-state index in [9.17, 15) is 14.7 Å². The average Bonchev–Trinajstić information content (AvgIpc) is 3.27. The van der Waals surface area contributed by atoms with Crippen molar-refractivity contribution in [3.8, 4) is 11.9 Å². The van der Waals surface area contributed by atoms with Crippen LogP contribution in [0, 0.1) is 0 Å². The molecule has 10 nitrogen and oxygen atoms in total. The second kappa shape index (κ2) is 8.07. The predicted molar refractivity (Wildman–Crippen MR) is 106 cm³/mol. The maximum Gasteiger partial charge on any atom is 0.319 e. The summed E-state index contributed by atoms with van der Waals surface area (Å²) in [7, 11) is 2.85. The molecule has 1 unspecified atom stereocenters. The van der Waals surface area contributed by atoms with Gasteiger partial charge in [0.05, 0.1) is 25.4 Å². The molecule has 2 N–H and O–H groups in total. The number of hydrogen-bond acceptors (Lipinski definition) is 9. The van der Waals surface area contributed by atoms with Crippen molar-refractivity contribution < 1.29 is 24.2 Å². The summed E-state index contributed by atoms with van der Waals surface area (Å²) in [5, 5.41) is 11.6. The van der Waals surface area contributed by atoms with Gasteiger partial charge in [0.15, 0.2) is 0 Å². The van der Waals surface area contributed by atoms with E-state index in [0.29, 0.717) is 30.6 Å². The van der Waals surface area contributed by atoms with Crippen LogP contribution in [-0.2, 0) is 9.59 Å². The first kappa shape index (κ1) is 19.8. The van der Waals surface area contributed by atoms with Gasteiger partial charge in [-0.25, -0.2) is 9.97 Å². The van der Waals surface area contributed by atoms with Crippen LogP contribution in [0.15, 0.2) is 30.1 Å². The van der Waals surface area contributed by atoms with Crippen LogP contribution < -0.4 is 19.7 Å². The molecule has 0 fully saturated rings.